The zero-order chi connectivity index (χ0) is 12.8. The van der Waals surface area contributed by atoms with Crippen LogP contribution in [-0.4, -0.2) is 36.8 Å². The van der Waals surface area contributed by atoms with Gasteiger partial charge < -0.3 is 14.8 Å². The Bertz CT molecular complexity index is 367. The maximum absolute atomic E-state index is 5.48. The summed E-state index contributed by atoms with van der Waals surface area (Å²) in [6, 6.07) is 2.13. The molecule has 2 atom stereocenters. The van der Waals surface area contributed by atoms with Gasteiger partial charge in [0.25, 0.3) is 0 Å². The number of hydrogen-bond acceptors (Lipinski definition) is 5. The topological polar surface area (TPSA) is 56.3 Å². The average Bonchev–Trinajstić information content (AvgIpc) is 2.93. The fourth-order valence-corrected chi connectivity index (χ4v) is 2.26. The fourth-order valence-electron chi connectivity index (χ4n) is 2.26. The first-order chi connectivity index (χ1) is 8.85. The maximum atomic E-state index is 5.48. The molecule has 1 aliphatic rings. The van der Waals surface area contributed by atoms with Crippen molar-refractivity contribution < 1.29 is 9.47 Å². The van der Waals surface area contributed by atoms with E-state index in [1.165, 1.54) is 0 Å². The van der Waals surface area contributed by atoms with Crippen LogP contribution in [0, 0.1) is 5.92 Å². The van der Waals surface area contributed by atoms with Crippen LogP contribution in [0.25, 0.3) is 0 Å². The summed E-state index contributed by atoms with van der Waals surface area (Å²) in [6.45, 7) is 4.79. The minimum atomic E-state index is 0.226. The lowest BCUT2D eigenvalue weighted by atomic mass is 9.96. The molecule has 2 unspecified atom stereocenters. The van der Waals surface area contributed by atoms with Crippen LogP contribution in [0.4, 0.5) is 0 Å². The van der Waals surface area contributed by atoms with Crippen molar-refractivity contribution >= 4 is 0 Å². The van der Waals surface area contributed by atoms with Crippen LogP contribution in [0.15, 0.2) is 12.4 Å². The Hall–Kier alpha value is -1.20. The summed E-state index contributed by atoms with van der Waals surface area (Å²) in [6.07, 6.45) is 3.74. The lowest BCUT2D eigenvalue weighted by Crippen LogP contribution is -2.30. The molecule has 0 aliphatic carbocycles. The van der Waals surface area contributed by atoms with Gasteiger partial charge in [0.1, 0.15) is 6.33 Å². The molecule has 0 radical (unpaired) electrons. The lowest BCUT2D eigenvalue weighted by Gasteiger charge is -2.23. The molecule has 5 heteroatoms. The van der Waals surface area contributed by atoms with Gasteiger partial charge in [-0.3, -0.25) is 0 Å². The SMILES string of the molecule is CCCNC(c1cc(OC)ncn1)C1CCOC1. The highest BCUT2D eigenvalue weighted by molar-refractivity contribution is 5.17. The molecule has 0 saturated carbocycles. The van der Waals surface area contributed by atoms with E-state index in [1.54, 1.807) is 13.4 Å². The summed E-state index contributed by atoms with van der Waals surface area (Å²) < 4.78 is 10.6. The smallest absolute Gasteiger partial charge is 0.216 e. The van der Waals surface area contributed by atoms with E-state index in [4.69, 9.17) is 9.47 Å². The molecule has 1 aromatic rings. The van der Waals surface area contributed by atoms with Gasteiger partial charge in [0.15, 0.2) is 0 Å². The van der Waals surface area contributed by atoms with Crippen molar-refractivity contribution in [2.45, 2.75) is 25.8 Å². The van der Waals surface area contributed by atoms with Crippen LogP contribution >= 0.6 is 0 Å². The minimum Gasteiger partial charge on any atom is -0.481 e. The Morgan fingerprint density at radius 2 is 2.44 bits per heavy atom. The summed E-state index contributed by atoms with van der Waals surface area (Å²) in [5.74, 6) is 1.10. The molecule has 0 aromatic carbocycles. The number of aromatic nitrogens is 2. The van der Waals surface area contributed by atoms with Crippen molar-refractivity contribution in [2.75, 3.05) is 26.9 Å². The number of hydrogen-bond donors (Lipinski definition) is 1. The van der Waals surface area contributed by atoms with E-state index in [1.807, 2.05) is 6.07 Å². The predicted molar refractivity (Wildman–Crippen MR) is 68.5 cm³/mol. The summed E-state index contributed by atoms with van der Waals surface area (Å²) in [4.78, 5) is 8.43. The highest BCUT2D eigenvalue weighted by Crippen LogP contribution is 2.28. The van der Waals surface area contributed by atoms with E-state index in [9.17, 15) is 0 Å². The van der Waals surface area contributed by atoms with Gasteiger partial charge in [0, 0.05) is 18.6 Å². The molecule has 1 aliphatic heterocycles. The van der Waals surface area contributed by atoms with E-state index >= 15 is 0 Å². The van der Waals surface area contributed by atoms with Gasteiger partial charge in [-0.2, -0.15) is 0 Å². The Balaban J connectivity index is 2.14. The third-order valence-corrected chi connectivity index (χ3v) is 3.24. The van der Waals surface area contributed by atoms with E-state index in [2.05, 4.69) is 22.2 Å². The maximum Gasteiger partial charge on any atom is 0.216 e. The third kappa shape index (κ3) is 3.17. The number of ether oxygens (including phenoxy) is 2. The normalized spacial score (nSPS) is 20.9. The molecule has 0 bridgehead atoms. The monoisotopic (exact) mass is 251 g/mol. The molecule has 0 spiro atoms. The number of methoxy groups -OCH3 is 1. The molecule has 0 amide bonds. The highest BCUT2D eigenvalue weighted by atomic mass is 16.5. The first kappa shape index (κ1) is 13.2. The molecule has 2 rings (SSSR count). The van der Waals surface area contributed by atoms with Crippen LogP contribution in [-0.2, 0) is 4.74 Å². The standard InChI is InChI=1S/C13H21N3O2/c1-3-5-14-13(10-4-6-18-8-10)11-7-12(17-2)16-9-15-11/h7,9-10,13-14H,3-6,8H2,1-2H3. The molecule has 1 aromatic heterocycles. The largest absolute Gasteiger partial charge is 0.481 e. The Morgan fingerprint density at radius 3 is 3.11 bits per heavy atom. The Labute approximate surface area is 108 Å². The third-order valence-electron chi connectivity index (χ3n) is 3.24. The zero-order valence-corrected chi connectivity index (χ0v) is 11.1. The molecule has 1 N–H and O–H groups in total. The van der Waals surface area contributed by atoms with Crippen LogP contribution < -0.4 is 10.1 Å². The highest BCUT2D eigenvalue weighted by Gasteiger charge is 2.27. The second-order valence-electron chi connectivity index (χ2n) is 4.54. The van der Waals surface area contributed by atoms with Crippen molar-refractivity contribution in [3.05, 3.63) is 18.1 Å². The molecule has 1 saturated heterocycles. The predicted octanol–water partition coefficient (Wildman–Crippen LogP) is 1.56. The average molecular weight is 251 g/mol. The molecule has 100 valence electrons. The van der Waals surface area contributed by atoms with Gasteiger partial charge >= 0.3 is 0 Å². The Kier molecular flexibility index (Phi) is 4.90. The first-order valence-electron chi connectivity index (χ1n) is 6.52. The van der Waals surface area contributed by atoms with Crippen LogP contribution in [0.3, 0.4) is 0 Å². The molecule has 2 heterocycles. The van der Waals surface area contributed by atoms with E-state index in [-0.39, 0.29) is 6.04 Å². The van der Waals surface area contributed by atoms with E-state index in [0.717, 1.165) is 38.3 Å². The number of nitrogens with one attached hydrogen (secondary N) is 1. The Morgan fingerprint density at radius 1 is 1.56 bits per heavy atom. The van der Waals surface area contributed by atoms with Gasteiger partial charge in [0.2, 0.25) is 5.88 Å². The fraction of sp³-hybridized carbons (Fsp3) is 0.692. The summed E-state index contributed by atoms with van der Waals surface area (Å²) >= 11 is 0. The molecule has 5 nitrogen and oxygen atoms in total. The second-order valence-corrected chi connectivity index (χ2v) is 4.54. The van der Waals surface area contributed by atoms with Crippen LogP contribution in [0.2, 0.25) is 0 Å². The number of rotatable bonds is 6. The van der Waals surface area contributed by atoms with Crippen molar-refractivity contribution in [1.29, 1.82) is 0 Å². The van der Waals surface area contributed by atoms with Crippen LogP contribution in [0.1, 0.15) is 31.5 Å². The second kappa shape index (κ2) is 6.66. The van der Waals surface area contributed by atoms with Crippen molar-refractivity contribution in [2.24, 2.45) is 5.92 Å². The van der Waals surface area contributed by atoms with Gasteiger partial charge in [-0.25, -0.2) is 9.97 Å². The van der Waals surface area contributed by atoms with Crippen molar-refractivity contribution in [3.63, 3.8) is 0 Å². The van der Waals surface area contributed by atoms with E-state index < -0.39 is 0 Å². The van der Waals surface area contributed by atoms with E-state index in [0.29, 0.717) is 11.8 Å². The summed E-state index contributed by atoms with van der Waals surface area (Å²) in [7, 11) is 1.62. The quantitative estimate of drug-likeness (QED) is 0.831. The minimum absolute atomic E-state index is 0.226. The lowest BCUT2D eigenvalue weighted by molar-refractivity contribution is 0.176. The summed E-state index contributed by atoms with van der Waals surface area (Å²) in [5, 5.41) is 3.55. The first-order valence-corrected chi connectivity index (χ1v) is 6.52. The van der Waals surface area contributed by atoms with Gasteiger partial charge in [-0.1, -0.05) is 6.92 Å². The zero-order valence-electron chi connectivity index (χ0n) is 11.1. The van der Waals surface area contributed by atoms with Crippen LogP contribution in [0.5, 0.6) is 5.88 Å². The number of nitrogens with zero attached hydrogens (tertiary/aromatic N) is 2. The van der Waals surface area contributed by atoms with Gasteiger partial charge in [-0.15, -0.1) is 0 Å². The molecular weight excluding hydrogens is 230 g/mol. The van der Waals surface area contributed by atoms with Crippen molar-refractivity contribution in [3.8, 4) is 5.88 Å². The van der Waals surface area contributed by atoms with Gasteiger partial charge in [0.05, 0.1) is 25.5 Å². The molecule has 18 heavy (non-hydrogen) atoms. The molecule has 1 fully saturated rings. The van der Waals surface area contributed by atoms with Crippen molar-refractivity contribution in [1.82, 2.24) is 15.3 Å². The molecular formula is C13H21N3O2. The summed E-state index contributed by atoms with van der Waals surface area (Å²) in [5.41, 5.74) is 0.991. The van der Waals surface area contributed by atoms with Gasteiger partial charge in [-0.05, 0) is 19.4 Å².